The molecule has 0 unspecified atom stereocenters. The van der Waals surface area contributed by atoms with E-state index in [4.69, 9.17) is 9.40 Å². The maximum absolute atomic E-state index is 6.65. The molecule has 6 rings (SSSR count). The van der Waals surface area contributed by atoms with Crippen molar-refractivity contribution >= 4 is 53.6 Å². The molecule has 0 aliphatic carbocycles. The number of aryl methyl sites for hydroxylation is 4. The molecule has 4 heteroatoms. The van der Waals surface area contributed by atoms with Gasteiger partial charge in [0.15, 0.2) is 5.69 Å². The van der Waals surface area contributed by atoms with Crippen molar-refractivity contribution in [3.8, 4) is 11.3 Å². The molecule has 0 fully saturated rings. The van der Waals surface area contributed by atoms with E-state index in [1.807, 2.05) is 17.7 Å². The topological polar surface area (TPSA) is 29.9 Å². The minimum Gasteiger partial charge on any atom is -0.455 e. The molecule has 3 aromatic carbocycles. The lowest BCUT2D eigenvalue weighted by molar-refractivity contribution is -0.662. The van der Waals surface area contributed by atoms with E-state index in [0.717, 1.165) is 23.1 Å². The highest BCUT2D eigenvalue weighted by molar-refractivity contribution is 7.26. The minimum absolute atomic E-state index is 0.636. The van der Waals surface area contributed by atoms with E-state index in [-0.39, 0.29) is 0 Å². The van der Waals surface area contributed by atoms with Crippen LogP contribution in [0.4, 0.5) is 0 Å². The first-order chi connectivity index (χ1) is 16.7. The van der Waals surface area contributed by atoms with Gasteiger partial charge in [0.25, 0.3) is 6.33 Å². The van der Waals surface area contributed by atoms with Crippen molar-refractivity contribution in [2.45, 2.75) is 48.0 Å². The van der Waals surface area contributed by atoms with E-state index < -0.39 is 0 Å². The molecule has 0 saturated carbocycles. The van der Waals surface area contributed by atoms with Gasteiger partial charge in [-0.2, -0.15) is 0 Å². The highest BCUT2D eigenvalue weighted by Crippen LogP contribution is 2.44. The first kappa shape index (κ1) is 22.2. The SMILES string of the molecule is Cc1cc(C)c2c(c1)oc1c(-c3c4sc5cc(CC(C)C)ccc5c4nc[n+]3C)c(C)c(C)cc12. The largest absolute Gasteiger partial charge is 0.455 e. The third kappa shape index (κ3) is 3.38. The van der Waals surface area contributed by atoms with Crippen molar-refractivity contribution in [1.82, 2.24) is 4.98 Å². The van der Waals surface area contributed by atoms with Gasteiger partial charge in [0.05, 0.1) is 12.6 Å². The maximum Gasteiger partial charge on any atom is 0.287 e. The highest BCUT2D eigenvalue weighted by Gasteiger charge is 2.26. The van der Waals surface area contributed by atoms with Crippen LogP contribution in [0.1, 0.15) is 41.7 Å². The Hall–Kier alpha value is -3.24. The lowest BCUT2D eigenvalue weighted by atomic mass is 9.95. The molecule has 0 aliphatic heterocycles. The summed E-state index contributed by atoms with van der Waals surface area (Å²) in [4.78, 5) is 4.89. The van der Waals surface area contributed by atoms with Gasteiger partial charge in [-0.3, -0.25) is 0 Å². The Morgan fingerprint density at radius 2 is 1.77 bits per heavy atom. The number of aromatic nitrogens is 2. The molecule has 0 spiro atoms. The molecule has 0 amide bonds. The average molecular weight is 480 g/mol. The minimum atomic E-state index is 0.636. The summed E-state index contributed by atoms with van der Waals surface area (Å²) in [7, 11) is 2.10. The molecule has 0 aliphatic rings. The van der Waals surface area contributed by atoms with Gasteiger partial charge in [-0.25, -0.2) is 4.57 Å². The van der Waals surface area contributed by atoms with Crippen molar-refractivity contribution in [3.63, 3.8) is 0 Å². The van der Waals surface area contributed by atoms with Crippen LogP contribution in [0.5, 0.6) is 0 Å². The fraction of sp³-hybridized carbons (Fsp3) is 0.290. The summed E-state index contributed by atoms with van der Waals surface area (Å²) in [5.74, 6) is 0.636. The Morgan fingerprint density at radius 3 is 2.54 bits per heavy atom. The molecular formula is C31H31N2OS+. The van der Waals surface area contributed by atoms with E-state index in [2.05, 4.69) is 89.6 Å². The molecule has 35 heavy (non-hydrogen) atoms. The summed E-state index contributed by atoms with van der Waals surface area (Å²) in [6.45, 7) is 13.3. The Kier molecular flexibility index (Phi) is 5.01. The molecule has 3 heterocycles. The summed E-state index contributed by atoms with van der Waals surface area (Å²) < 4.78 is 11.3. The van der Waals surface area contributed by atoms with Crippen LogP contribution in [0, 0.1) is 33.6 Å². The van der Waals surface area contributed by atoms with E-state index in [1.165, 1.54) is 64.6 Å². The van der Waals surface area contributed by atoms with Crippen molar-refractivity contribution in [3.05, 3.63) is 70.5 Å². The van der Waals surface area contributed by atoms with Gasteiger partial charge < -0.3 is 4.42 Å². The molecule has 3 aromatic heterocycles. The lowest BCUT2D eigenvalue weighted by Crippen LogP contribution is -2.31. The normalized spacial score (nSPS) is 12.2. The first-order valence-corrected chi connectivity index (χ1v) is 13.2. The zero-order chi connectivity index (χ0) is 24.6. The van der Waals surface area contributed by atoms with Crippen LogP contribution in [-0.4, -0.2) is 4.98 Å². The van der Waals surface area contributed by atoms with Gasteiger partial charge in [0.2, 0.25) is 5.52 Å². The third-order valence-electron chi connectivity index (χ3n) is 7.26. The average Bonchev–Trinajstić information content (AvgIpc) is 3.32. The van der Waals surface area contributed by atoms with E-state index in [1.54, 1.807) is 0 Å². The monoisotopic (exact) mass is 479 g/mol. The number of rotatable bonds is 3. The van der Waals surface area contributed by atoms with E-state index in [0.29, 0.717) is 5.92 Å². The molecule has 0 saturated heterocycles. The van der Waals surface area contributed by atoms with Gasteiger partial charge in [-0.05, 0) is 97.1 Å². The molecule has 0 atom stereocenters. The third-order valence-corrected chi connectivity index (χ3v) is 8.41. The molecule has 0 N–H and O–H groups in total. The molecule has 176 valence electrons. The summed E-state index contributed by atoms with van der Waals surface area (Å²) in [6, 6.07) is 13.6. The molecule has 0 bridgehead atoms. The van der Waals surface area contributed by atoms with Gasteiger partial charge >= 0.3 is 0 Å². The van der Waals surface area contributed by atoms with Crippen molar-refractivity contribution in [1.29, 1.82) is 0 Å². The van der Waals surface area contributed by atoms with E-state index >= 15 is 0 Å². The predicted octanol–water partition coefficient (Wildman–Crippen LogP) is 8.27. The van der Waals surface area contributed by atoms with Crippen LogP contribution in [-0.2, 0) is 13.5 Å². The fourth-order valence-electron chi connectivity index (χ4n) is 5.60. The van der Waals surface area contributed by atoms with Crippen molar-refractivity contribution in [2.24, 2.45) is 13.0 Å². The number of thiophene rings is 1. The number of benzene rings is 3. The second-order valence-corrected chi connectivity index (χ2v) is 11.6. The summed E-state index contributed by atoms with van der Waals surface area (Å²) >= 11 is 1.85. The second-order valence-electron chi connectivity index (χ2n) is 10.5. The standard InChI is InChI=1S/C31H31N2OS/c1-16(2)10-21-8-9-22-25(14-21)35-31-28(22)32-15-33(7)29(31)27-20(6)18(4)13-23-26-19(5)11-17(3)12-24(26)34-30(23)27/h8-9,11-16H,10H2,1-7H3/q+1. The van der Waals surface area contributed by atoms with Crippen LogP contribution in [0.3, 0.4) is 0 Å². The maximum atomic E-state index is 6.65. The molecule has 0 radical (unpaired) electrons. The smallest absolute Gasteiger partial charge is 0.287 e. The number of fused-ring (bicyclic) bond motifs is 6. The quantitative estimate of drug-likeness (QED) is 0.239. The molecule has 3 nitrogen and oxygen atoms in total. The number of hydrogen-bond acceptors (Lipinski definition) is 3. The van der Waals surface area contributed by atoms with Gasteiger partial charge in [0, 0.05) is 20.9 Å². The first-order valence-electron chi connectivity index (χ1n) is 12.4. The van der Waals surface area contributed by atoms with Crippen molar-refractivity contribution in [2.75, 3.05) is 0 Å². The highest BCUT2D eigenvalue weighted by atomic mass is 32.1. The van der Waals surface area contributed by atoms with Crippen LogP contribution < -0.4 is 4.57 Å². The van der Waals surface area contributed by atoms with Crippen LogP contribution >= 0.6 is 11.3 Å². The summed E-state index contributed by atoms with van der Waals surface area (Å²) in [6.07, 6.45) is 3.05. The Balaban J connectivity index is 1.73. The van der Waals surface area contributed by atoms with Crippen LogP contribution in [0.15, 0.2) is 47.1 Å². The second kappa shape index (κ2) is 7.89. The summed E-state index contributed by atoms with van der Waals surface area (Å²) in [5.41, 5.74) is 11.8. The number of nitrogens with zero attached hydrogens (tertiary/aromatic N) is 2. The Bertz CT molecular complexity index is 1800. The number of furan rings is 1. The Labute approximate surface area is 210 Å². The van der Waals surface area contributed by atoms with Gasteiger partial charge in [0.1, 0.15) is 15.9 Å². The molecule has 6 aromatic rings. The van der Waals surface area contributed by atoms with Gasteiger partial charge in [-0.1, -0.05) is 26.0 Å². The zero-order valence-electron chi connectivity index (χ0n) is 21.5. The zero-order valence-corrected chi connectivity index (χ0v) is 22.4. The molecular weight excluding hydrogens is 448 g/mol. The summed E-state index contributed by atoms with van der Waals surface area (Å²) in [5, 5.41) is 3.65. The lowest BCUT2D eigenvalue weighted by Gasteiger charge is -2.11. The van der Waals surface area contributed by atoms with E-state index in [9.17, 15) is 0 Å². The Morgan fingerprint density at radius 1 is 0.971 bits per heavy atom. The van der Waals surface area contributed by atoms with Crippen molar-refractivity contribution < 1.29 is 8.98 Å². The fourth-order valence-corrected chi connectivity index (χ4v) is 6.91. The predicted molar refractivity (Wildman–Crippen MR) is 149 cm³/mol. The van der Waals surface area contributed by atoms with Gasteiger partial charge in [-0.15, -0.1) is 11.3 Å². The number of hydrogen-bond donors (Lipinski definition) is 0. The van der Waals surface area contributed by atoms with Crippen LogP contribution in [0.2, 0.25) is 0 Å². The van der Waals surface area contributed by atoms with Crippen LogP contribution in [0.25, 0.3) is 53.5 Å².